The Hall–Kier alpha value is -2.30. The van der Waals surface area contributed by atoms with Crippen molar-refractivity contribution in [1.29, 1.82) is 0 Å². The monoisotopic (exact) mass is 302 g/mol. The fraction of sp³-hybridized carbons (Fsp3) is 0.235. The average molecular weight is 302 g/mol. The Morgan fingerprint density at radius 1 is 1.05 bits per heavy atom. The Balaban J connectivity index is 1.85. The summed E-state index contributed by atoms with van der Waals surface area (Å²) >= 11 is 0. The lowest BCUT2D eigenvalue weighted by molar-refractivity contribution is -0.137. The molecular formula is C17H13F3N2. The van der Waals surface area contributed by atoms with Crippen LogP contribution in [-0.4, -0.2) is 23.8 Å². The van der Waals surface area contributed by atoms with Crippen molar-refractivity contribution < 1.29 is 13.2 Å². The van der Waals surface area contributed by atoms with E-state index in [2.05, 4.69) is 9.89 Å². The molecule has 2 aromatic rings. The highest BCUT2D eigenvalue weighted by molar-refractivity contribution is 6.04. The van der Waals surface area contributed by atoms with E-state index in [1.165, 1.54) is 12.1 Å². The molecule has 2 aromatic carbocycles. The van der Waals surface area contributed by atoms with E-state index in [1.807, 2.05) is 24.3 Å². The van der Waals surface area contributed by atoms with Crippen molar-refractivity contribution in [2.45, 2.75) is 12.2 Å². The molecule has 2 heterocycles. The molecule has 0 amide bonds. The van der Waals surface area contributed by atoms with Crippen molar-refractivity contribution in [3.05, 3.63) is 70.8 Å². The molecule has 0 aromatic heterocycles. The summed E-state index contributed by atoms with van der Waals surface area (Å²) in [7, 11) is 0. The molecule has 0 aliphatic carbocycles. The number of hydrogen-bond donors (Lipinski definition) is 0. The third kappa shape index (κ3) is 1.92. The van der Waals surface area contributed by atoms with E-state index in [-0.39, 0.29) is 6.04 Å². The minimum absolute atomic E-state index is 0.181. The first-order valence-corrected chi connectivity index (χ1v) is 7.13. The standard InChI is InChI=1S/C17H13F3N2/c18-17(19,20)12-5-3-4-11(10-12)15-13-6-1-2-7-14(13)16-21-8-9-22(15)16/h1-7,10,15H,8-9H2. The fourth-order valence-corrected chi connectivity index (χ4v) is 3.30. The van der Waals surface area contributed by atoms with E-state index in [0.717, 1.165) is 29.6 Å². The smallest absolute Gasteiger partial charge is 0.343 e. The summed E-state index contributed by atoms with van der Waals surface area (Å²) in [5, 5.41) is 0. The maximum absolute atomic E-state index is 13.0. The molecule has 1 unspecified atom stereocenters. The second kappa shape index (κ2) is 4.60. The SMILES string of the molecule is FC(F)(F)c1cccc(C2c3ccccc3C3=NCCN32)c1. The number of benzene rings is 2. The molecule has 0 radical (unpaired) electrons. The Bertz CT molecular complexity index is 764. The van der Waals surface area contributed by atoms with Crippen LogP contribution in [0, 0.1) is 0 Å². The van der Waals surface area contributed by atoms with Gasteiger partial charge in [-0.3, -0.25) is 4.99 Å². The Morgan fingerprint density at radius 3 is 2.68 bits per heavy atom. The zero-order chi connectivity index (χ0) is 15.3. The van der Waals surface area contributed by atoms with Gasteiger partial charge in [0.2, 0.25) is 0 Å². The molecule has 0 bridgehead atoms. The fourth-order valence-electron chi connectivity index (χ4n) is 3.30. The molecule has 0 saturated carbocycles. The van der Waals surface area contributed by atoms with E-state index in [0.29, 0.717) is 12.1 Å². The molecule has 2 aliphatic rings. The van der Waals surface area contributed by atoms with Crippen molar-refractivity contribution in [2.75, 3.05) is 13.1 Å². The van der Waals surface area contributed by atoms with Gasteiger partial charge in [0.25, 0.3) is 0 Å². The lowest BCUT2D eigenvalue weighted by Crippen LogP contribution is -2.26. The Morgan fingerprint density at radius 2 is 1.86 bits per heavy atom. The maximum Gasteiger partial charge on any atom is 0.416 e. The highest BCUT2D eigenvalue weighted by Crippen LogP contribution is 2.41. The predicted molar refractivity (Wildman–Crippen MR) is 77.8 cm³/mol. The summed E-state index contributed by atoms with van der Waals surface area (Å²) in [6.45, 7) is 1.43. The van der Waals surface area contributed by atoms with Crippen LogP contribution in [0.1, 0.15) is 28.3 Å². The highest BCUT2D eigenvalue weighted by Gasteiger charge is 2.39. The topological polar surface area (TPSA) is 15.6 Å². The zero-order valence-electron chi connectivity index (χ0n) is 11.6. The first-order valence-electron chi connectivity index (χ1n) is 7.13. The molecule has 5 heteroatoms. The number of amidine groups is 1. The van der Waals surface area contributed by atoms with E-state index < -0.39 is 11.7 Å². The molecule has 2 nitrogen and oxygen atoms in total. The van der Waals surface area contributed by atoms with Gasteiger partial charge in [0.05, 0.1) is 18.2 Å². The quantitative estimate of drug-likeness (QED) is 0.781. The van der Waals surface area contributed by atoms with Crippen LogP contribution in [0.15, 0.2) is 53.5 Å². The molecule has 22 heavy (non-hydrogen) atoms. The van der Waals surface area contributed by atoms with Crippen LogP contribution in [0.4, 0.5) is 13.2 Å². The van der Waals surface area contributed by atoms with Crippen molar-refractivity contribution in [3.63, 3.8) is 0 Å². The van der Waals surface area contributed by atoms with Crippen LogP contribution in [-0.2, 0) is 6.18 Å². The van der Waals surface area contributed by atoms with E-state index in [1.54, 1.807) is 6.07 Å². The van der Waals surface area contributed by atoms with Crippen LogP contribution in [0.3, 0.4) is 0 Å². The zero-order valence-corrected chi connectivity index (χ0v) is 11.6. The number of hydrogen-bond acceptors (Lipinski definition) is 2. The van der Waals surface area contributed by atoms with Crippen molar-refractivity contribution in [2.24, 2.45) is 4.99 Å². The van der Waals surface area contributed by atoms with E-state index >= 15 is 0 Å². The summed E-state index contributed by atoms with van der Waals surface area (Å²) in [5.74, 6) is 0.901. The van der Waals surface area contributed by atoms with Crippen molar-refractivity contribution >= 4 is 5.84 Å². The molecule has 0 spiro atoms. The van der Waals surface area contributed by atoms with Gasteiger partial charge in [-0.15, -0.1) is 0 Å². The molecule has 112 valence electrons. The lowest BCUT2D eigenvalue weighted by Gasteiger charge is -2.24. The number of rotatable bonds is 1. The second-order valence-electron chi connectivity index (χ2n) is 5.51. The first-order chi connectivity index (χ1) is 10.6. The number of aliphatic imine (C=N–C) groups is 1. The first kappa shape index (κ1) is 13.4. The highest BCUT2D eigenvalue weighted by atomic mass is 19.4. The third-order valence-electron chi connectivity index (χ3n) is 4.21. The second-order valence-corrected chi connectivity index (χ2v) is 5.51. The third-order valence-corrected chi connectivity index (χ3v) is 4.21. The van der Waals surface area contributed by atoms with Gasteiger partial charge in [-0.1, -0.05) is 36.4 Å². The van der Waals surface area contributed by atoms with Crippen LogP contribution >= 0.6 is 0 Å². The molecule has 0 fully saturated rings. The van der Waals surface area contributed by atoms with Gasteiger partial charge in [-0.05, 0) is 23.3 Å². The number of nitrogens with zero attached hydrogens (tertiary/aromatic N) is 2. The summed E-state index contributed by atoms with van der Waals surface area (Å²) in [6, 6.07) is 13.2. The van der Waals surface area contributed by atoms with Gasteiger partial charge < -0.3 is 4.90 Å². The summed E-state index contributed by atoms with van der Waals surface area (Å²) in [6.07, 6.45) is -4.32. The molecule has 1 atom stereocenters. The summed E-state index contributed by atoms with van der Waals surface area (Å²) in [4.78, 5) is 6.60. The average Bonchev–Trinajstić information content (AvgIpc) is 3.06. The van der Waals surface area contributed by atoms with Gasteiger partial charge in [0.1, 0.15) is 5.84 Å². The number of alkyl halides is 3. The van der Waals surface area contributed by atoms with Gasteiger partial charge in [0, 0.05) is 12.1 Å². The summed E-state index contributed by atoms with van der Waals surface area (Å²) < 4.78 is 38.9. The Labute approximate surface area is 125 Å². The van der Waals surface area contributed by atoms with Crippen molar-refractivity contribution in [3.8, 4) is 0 Å². The maximum atomic E-state index is 13.0. The molecule has 2 aliphatic heterocycles. The van der Waals surface area contributed by atoms with Crippen LogP contribution in [0.25, 0.3) is 0 Å². The van der Waals surface area contributed by atoms with Crippen LogP contribution in [0.5, 0.6) is 0 Å². The number of fused-ring (bicyclic) bond motifs is 3. The van der Waals surface area contributed by atoms with Gasteiger partial charge in [-0.25, -0.2) is 0 Å². The van der Waals surface area contributed by atoms with E-state index in [4.69, 9.17) is 0 Å². The van der Waals surface area contributed by atoms with Gasteiger partial charge in [-0.2, -0.15) is 13.2 Å². The number of halogens is 3. The van der Waals surface area contributed by atoms with Crippen molar-refractivity contribution in [1.82, 2.24) is 4.90 Å². The largest absolute Gasteiger partial charge is 0.416 e. The van der Waals surface area contributed by atoms with Crippen LogP contribution < -0.4 is 0 Å². The van der Waals surface area contributed by atoms with Gasteiger partial charge in [0.15, 0.2) is 0 Å². The summed E-state index contributed by atoms with van der Waals surface area (Å²) in [5.41, 5.74) is 2.11. The molecule has 0 N–H and O–H groups in total. The minimum atomic E-state index is -4.32. The minimum Gasteiger partial charge on any atom is -0.343 e. The normalized spacial score (nSPS) is 19.9. The molecule has 4 rings (SSSR count). The van der Waals surface area contributed by atoms with E-state index in [9.17, 15) is 13.2 Å². The van der Waals surface area contributed by atoms with Crippen LogP contribution in [0.2, 0.25) is 0 Å². The molecular weight excluding hydrogens is 289 g/mol. The molecule has 0 saturated heterocycles. The Kier molecular flexibility index (Phi) is 2.79. The predicted octanol–water partition coefficient (Wildman–Crippen LogP) is 3.87. The lowest BCUT2D eigenvalue weighted by atomic mass is 9.96. The van der Waals surface area contributed by atoms with Gasteiger partial charge >= 0.3 is 6.18 Å².